The van der Waals surface area contributed by atoms with E-state index in [4.69, 9.17) is 5.11 Å². The number of pyridine rings is 1. The Kier molecular flexibility index (Phi) is 3.45. The predicted octanol–water partition coefficient (Wildman–Crippen LogP) is 0.724. The molecule has 1 aromatic rings. The molecule has 18 heavy (non-hydrogen) atoms. The number of hydrogen-bond donors (Lipinski definition) is 2. The lowest BCUT2D eigenvalue weighted by Gasteiger charge is -2.20. The third kappa shape index (κ3) is 2.97. The maximum absolute atomic E-state index is 12.1. The number of amides is 1. The van der Waals surface area contributed by atoms with Crippen molar-refractivity contribution in [2.75, 3.05) is 13.1 Å². The molecular weight excluding hydrogens is 236 g/mol. The Morgan fingerprint density at radius 3 is 2.72 bits per heavy atom. The van der Waals surface area contributed by atoms with Crippen LogP contribution in [0.5, 0.6) is 5.75 Å². The first-order valence-corrected chi connectivity index (χ1v) is 5.72. The van der Waals surface area contributed by atoms with Crippen molar-refractivity contribution in [1.82, 2.24) is 9.88 Å². The van der Waals surface area contributed by atoms with Crippen molar-refractivity contribution in [1.29, 1.82) is 0 Å². The van der Waals surface area contributed by atoms with Gasteiger partial charge < -0.3 is 15.1 Å². The van der Waals surface area contributed by atoms with Gasteiger partial charge in [-0.2, -0.15) is 0 Å². The van der Waals surface area contributed by atoms with Gasteiger partial charge in [-0.25, -0.2) is 0 Å². The molecule has 6 heteroatoms. The lowest BCUT2D eigenvalue weighted by atomic mass is 10.2. The normalized spacial score (nSPS) is 14.2. The van der Waals surface area contributed by atoms with Crippen molar-refractivity contribution in [3.05, 3.63) is 24.0 Å². The van der Waals surface area contributed by atoms with Crippen LogP contribution in [0.3, 0.4) is 0 Å². The summed E-state index contributed by atoms with van der Waals surface area (Å²) < 4.78 is 0. The van der Waals surface area contributed by atoms with E-state index >= 15 is 0 Å². The molecule has 96 valence electrons. The number of hydrogen-bond acceptors (Lipinski definition) is 4. The summed E-state index contributed by atoms with van der Waals surface area (Å²) in [6, 6.07) is 1.39. The molecular formula is C12H14N2O4. The summed E-state index contributed by atoms with van der Waals surface area (Å²) in [5.74, 6) is -1.37. The standard InChI is InChI=1S/C12H14N2O4/c15-10-5-13-4-3-9(10)12(18)14(7-11(16)17)6-8-1-2-8/h3-5,8,15H,1-2,6-7H2,(H,16,17). The summed E-state index contributed by atoms with van der Waals surface area (Å²) in [5, 5.41) is 18.4. The molecule has 2 rings (SSSR count). The molecule has 1 aliphatic carbocycles. The minimum Gasteiger partial charge on any atom is -0.505 e. The van der Waals surface area contributed by atoms with Crippen LogP contribution < -0.4 is 0 Å². The van der Waals surface area contributed by atoms with E-state index in [9.17, 15) is 14.7 Å². The maximum atomic E-state index is 12.1. The second kappa shape index (κ2) is 5.03. The highest BCUT2D eigenvalue weighted by atomic mass is 16.4. The molecule has 0 aromatic carbocycles. The molecule has 1 fully saturated rings. The van der Waals surface area contributed by atoms with Gasteiger partial charge in [0.25, 0.3) is 5.91 Å². The highest BCUT2D eigenvalue weighted by molar-refractivity contribution is 5.98. The number of carbonyl (C=O) groups is 2. The molecule has 0 bridgehead atoms. The number of carboxylic acid groups (broad SMARTS) is 1. The van der Waals surface area contributed by atoms with Gasteiger partial charge in [-0.1, -0.05) is 0 Å². The van der Waals surface area contributed by atoms with Gasteiger partial charge in [-0.05, 0) is 24.8 Å². The van der Waals surface area contributed by atoms with Crippen LogP contribution in [0.1, 0.15) is 23.2 Å². The van der Waals surface area contributed by atoms with E-state index in [0.29, 0.717) is 12.5 Å². The molecule has 0 atom stereocenters. The Labute approximate surface area is 104 Å². The molecule has 0 saturated heterocycles. The van der Waals surface area contributed by atoms with Gasteiger partial charge in [0.15, 0.2) is 0 Å². The number of nitrogens with zero attached hydrogens (tertiary/aromatic N) is 2. The van der Waals surface area contributed by atoms with Crippen molar-refractivity contribution < 1.29 is 19.8 Å². The van der Waals surface area contributed by atoms with Gasteiger partial charge >= 0.3 is 5.97 Å². The Bertz CT molecular complexity index is 471. The first-order valence-electron chi connectivity index (χ1n) is 5.72. The Morgan fingerprint density at radius 1 is 1.44 bits per heavy atom. The zero-order chi connectivity index (χ0) is 13.1. The van der Waals surface area contributed by atoms with Crippen LogP contribution in [0.4, 0.5) is 0 Å². The van der Waals surface area contributed by atoms with E-state index < -0.39 is 11.9 Å². The summed E-state index contributed by atoms with van der Waals surface area (Å²) in [6.45, 7) is 0.0734. The number of aliphatic carboxylic acids is 1. The van der Waals surface area contributed by atoms with Crippen LogP contribution in [0.25, 0.3) is 0 Å². The van der Waals surface area contributed by atoms with Crippen molar-refractivity contribution in [2.45, 2.75) is 12.8 Å². The number of rotatable bonds is 5. The molecule has 0 spiro atoms. The van der Waals surface area contributed by atoms with E-state index in [-0.39, 0.29) is 17.9 Å². The average molecular weight is 250 g/mol. The Morgan fingerprint density at radius 2 is 2.17 bits per heavy atom. The van der Waals surface area contributed by atoms with E-state index in [1.807, 2.05) is 0 Å². The molecule has 2 N–H and O–H groups in total. The van der Waals surface area contributed by atoms with Crippen molar-refractivity contribution in [3.63, 3.8) is 0 Å². The first-order chi connectivity index (χ1) is 8.58. The van der Waals surface area contributed by atoms with E-state index in [2.05, 4.69) is 4.98 Å². The lowest BCUT2D eigenvalue weighted by Crippen LogP contribution is -2.37. The molecule has 0 aliphatic heterocycles. The van der Waals surface area contributed by atoms with Crippen LogP contribution >= 0.6 is 0 Å². The van der Waals surface area contributed by atoms with Crippen molar-refractivity contribution >= 4 is 11.9 Å². The minimum absolute atomic E-state index is 0.0897. The summed E-state index contributed by atoms with van der Waals surface area (Å²) in [4.78, 5) is 27.8. The van der Waals surface area contributed by atoms with E-state index in [0.717, 1.165) is 12.8 Å². The fraction of sp³-hybridized carbons (Fsp3) is 0.417. The number of aromatic nitrogens is 1. The molecule has 0 unspecified atom stereocenters. The molecule has 1 aliphatic rings. The lowest BCUT2D eigenvalue weighted by molar-refractivity contribution is -0.137. The number of carbonyl (C=O) groups excluding carboxylic acids is 1. The third-order valence-electron chi connectivity index (χ3n) is 2.82. The zero-order valence-electron chi connectivity index (χ0n) is 9.74. The minimum atomic E-state index is -1.06. The van der Waals surface area contributed by atoms with Crippen LogP contribution in [0.2, 0.25) is 0 Å². The highest BCUT2D eigenvalue weighted by Gasteiger charge is 2.29. The topological polar surface area (TPSA) is 90.7 Å². The average Bonchev–Trinajstić information content (AvgIpc) is 3.11. The molecule has 0 radical (unpaired) electrons. The molecule has 1 aromatic heterocycles. The van der Waals surface area contributed by atoms with E-state index in [1.54, 1.807) is 0 Å². The van der Waals surface area contributed by atoms with Crippen LogP contribution in [0.15, 0.2) is 18.5 Å². The van der Waals surface area contributed by atoms with Gasteiger partial charge in [0.2, 0.25) is 0 Å². The molecule has 6 nitrogen and oxygen atoms in total. The van der Waals surface area contributed by atoms with Gasteiger partial charge in [-0.15, -0.1) is 0 Å². The summed E-state index contributed by atoms with van der Waals surface area (Å²) >= 11 is 0. The monoisotopic (exact) mass is 250 g/mol. The summed E-state index contributed by atoms with van der Waals surface area (Å²) in [7, 11) is 0. The van der Waals surface area contributed by atoms with Crippen LogP contribution in [-0.2, 0) is 4.79 Å². The Balaban J connectivity index is 2.15. The van der Waals surface area contributed by atoms with Gasteiger partial charge in [0, 0.05) is 12.7 Å². The molecule has 1 amide bonds. The second-order valence-electron chi connectivity index (χ2n) is 4.42. The third-order valence-corrected chi connectivity index (χ3v) is 2.82. The largest absolute Gasteiger partial charge is 0.505 e. The summed E-state index contributed by atoms with van der Waals surface area (Å²) in [5.41, 5.74) is 0.0897. The first kappa shape index (κ1) is 12.3. The fourth-order valence-corrected chi connectivity index (χ4v) is 1.73. The van der Waals surface area contributed by atoms with Crippen LogP contribution in [0, 0.1) is 5.92 Å². The number of carboxylic acids is 1. The molecule has 1 heterocycles. The second-order valence-corrected chi connectivity index (χ2v) is 4.42. The van der Waals surface area contributed by atoms with E-state index in [1.165, 1.54) is 23.4 Å². The maximum Gasteiger partial charge on any atom is 0.323 e. The van der Waals surface area contributed by atoms with Crippen LogP contribution in [-0.4, -0.2) is 45.1 Å². The smallest absolute Gasteiger partial charge is 0.323 e. The Hall–Kier alpha value is -2.11. The van der Waals surface area contributed by atoms with Crippen molar-refractivity contribution in [3.8, 4) is 5.75 Å². The van der Waals surface area contributed by atoms with Gasteiger partial charge in [-0.3, -0.25) is 14.6 Å². The quantitative estimate of drug-likeness (QED) is 0.803. The predicted molar refractivity (Wildman–Crippen MR) is 62.2 cm³/mol. The number of aromatic hydroxyl groups is 1. The molecule has 1 saturated carbocycles. The zero-order valence-corrected chi connectivity index (χ0v) is 9.74. The summed E-state index contributed by atoms with van der Waals surface area (Å²) in [6.07, 6.45) is 4.60. The fourth-order valence-electron chi connectivity index (χ4n) is 1.73. The van der Waals surface area contributed by atoms with Gasteiger partial charge in [0.1, 0.15) is 12.3 Å². The van der Waals surface area contributed by atoms with Crippen molar-refractivity contribution in [2.24, 2.45) is 5.92 Å². The van der Waals surface area contributed by atoms with Gasteiger partial charge in [0.05, 0.1) is 11.8 Å². The highest BCUT2D eigenvalue weighted by Crippen LogP contribution is 2.30. The SMILES string of the molecule is O=C(O)CN(CC1CC1)C(=O)c1ccncc1O.